The number of nitro groups is 1. The zero-order valence-corrected chi connectivity index (χ0v) is 24.9. The first-order chi connectivity index (χ1) is 22.4. The molecule has 2 heterocycles. The minimum absolute atomic E-state index is 0.181. The van der Waals surface area contributed by atoms with Gasteiger partial charge >= 0.3 is 0 Å². The Labute approximate surface area is 265 Å². The second-order valence-corrected chi connectivity index (χ2v) is 12.1. The van der Waals surface area contributed by atoms with E-state index in [9.17, 15) is 29.9 Å². The molecule has 2 fully saturated rings. The van der Waals surface area contributed by atoms with Gasteiger partial charge in [0.2, 0.25) is 11.8 Å². The topological polar surface area (TPSA) is 130 Å². The average molecular weight is 617 g/mol. The van der Waals surface area contributed by atoms with Crippen LogP contribution in [-0.2, 0) is 14.3 Å². The molecule has 46 heavy (non-hydrogen) atoms. The molecule has 0 aromatic heterocycles. The van der Waals surface area contributed by atoms with E-state index in [4.69, 9.17) is 4.74 Å². The first-order valence-corrected chi connectivity index (χ1v) is 15.4. The molecule has 2 amide bonds. The number of amides is 2. The molecule has 0 bridgehead atoms. The number of imide groups is 1. The van der Waals surface area contributed by atoms with Crippen molar-refractivity contribution in [3.63, 3.8) is 0 Å². The SMILES string of the molecule is O=C1[C@@H]2[C@@H](CC(CO)=C3[C@@H](CC/C(=C/c4ccc(O)c5ccccc45)c4ccccc4)OC[C@@H]32)C(=O)N1c1cccc([N+](=O)[O-])c1. The lowest BCUT2D eigenvalue weighted by Gasteiger charge is -2.31. The zero-order chi connectivity index (χ0) is 31.9. The third kappa shape index (κ3) is 5.07. The van der Waals surface area contributed by atoms with Gasteiger partial charge in [-0.25, -0.2) is 4.90 Å². The number of anilines is 1. The first kappa shape index (κ1) is 29.6. The molecule has 9 nitrogen and oxygen atoms in total. The molecule has 0 spiro atoms. The Kier molecular flexibility index (Phi) is 7.72. The predicted molar refractivity (Wildman–Crippen MR) is 174 cm³/mol. The molecule has 2 saturated heterocycles. The van der Waals surface area contributed by atoms with Crippen molar-refractivity contribution < 1.29 is 29.5 Å². The maximum Gasteiger partial charge on any atom is 0.271 e. The Morgan fingerprint density at radius 2 is 1.70 bits per heavy atom. The maximum absolute atomic E-state index is 13.8. The fraction of sp³-hybridized carbons (Fsp3) is 0.243. The Morgan fingerprint density at radius 3 is 2.46 bits per heavy atom. The second kappa shape index (κ2) is 12.0. The first-order valence-electron chi connectivity index (χ1n) is 15.4. The molecule has 0 unspecified atom stereocenters. The van der Waals surface area contributed by atoms with E-state index < -0.39 is 22.7 Å². The minimum Gasteiger partial charge on any atom is -0.507 e. The number of carbonyl (C=O) groups excluding carboxylic acids is 2. The average Bonchev–Trinajstić information content (AvgIpc) is 3.61. The Bertz CT molecular complexity index is 1930. The van der Waals surface area contributed by atoms with E-state index in [1.54, 1.807) is 6.07 Å². The lowest BCUT2D eigenvalue weighted by molar-refractivity contribution is -0.384. The quantitative estimate of drug-likeness (QED) is 0.0783. The van der Waals surface area contributed by atoms with Gasteiger partial charge in [-0.3, -0.25) is 19.7 Å². The number of hydrogen-bond acceptors (Lipinski definition) is 7. The van der Waals surface area contributed by atoms with Gasteiger partial charge in [0.05, 0.1) is 41.8 Å². The molecule has 0 saturated carbocycles. The van der Waals surface area contributed by atoms with Crippen molar-refractivity contribution in [3.05, 3.63) is 123 Å². The molecule has 9 heteroatoms. The highest BCUT2D eigenvalue weighted by molar-refractivity contribution is 6.22. The highest BCUT2D eigenvalue weighted by Gasteiger charge is 2.57. The molecule has 1 aliphatic carbocycles. The van der Waals surface area contributed by atoms with Crippen LogP contribution in [0.4, 0.5) is 11.4 Å². The zero-order valence-electron chi connectivity index (χ0n) is 24.9. The molecule has 232 valence electrons. The third-order valence-electron chi connectivity index (χ3n) is 9.58. The van der Waals surface area contributed by atoms with Crippen molar-refractivity contribution in [2.75, 3.05) is 18.1 Å². The van der Waals surface area contributed by atoms with E-state index in [0.29, 0.717) is 12.8 Å². The number of ether oxygens (including phenoxy) is 1. The summed E-state index contributed by atoms with van der Waals surface area (Å²) in [5.74, 6) is -2.25. The highest BCUT2D eigenvalue weighted by atomic mass is 16.6. The van der Waals surface area contributed by atoms with Crippen LogP contribution in [0.1, 0.15) is 30.4 Å². The Morgan fingerprint density at radius 1 is 0.935 bits per heavy atom. The fourth-order valence-corrected chi connectivity index (χ4v) is 7.48. The Balaban J connectivity index is 1.18. The molecule has 2 N–H and O–H groups in total. The predicted octanol–water partition coefficient (Wildman–Crippen LogP) is 6.29. The molecular formula is C37H32N2O7. The van der Waals surface area contributed by atoms with Crippen molar-refractivity contribution >= 4 is 45.6 Å². The van der Waals surface area contributed by atoms with Gasteiger partial charge in [-0.15, -0.1) is 0 Å². The molecule has 4 aromatic carbocycles. The minimum atomic E-state index is -0.660. The van der Waals surface area contributed by atoms with Crippen molar-refractivity contribution in [2.24, 2.45) is 17.8 Å². The van der Waals surface area contributed by atoms with Gasteiger partial charge in [0.15, 0.2) is 0 Å². The summed E-state index contributed by atoms with van der Waals surface area (Å²) in [6, 6.07) is 27.0. The lowest BCUT2D eigenvalue weighted by atomic mass is 9.69. The summed E-state index contributed by atoms with van der Waals surface area (Å²) >= 11 is 0. The van der Waals surface area contributed by atoms with Crippen molar-refractivity contribution in [1.82, 2.24) is 0 Å². The summed E-state index contributed by atoms with van der Waals surface area (Å²) in [6.07, 6.45) is 3.27. The summed E-state index contributed by atoms with van der Waals surface area (Å²) < 4.78 is 6.34. The monoisotopic (exact) mass is 616 g/mol. The number of nitro benzene ring substituents is 1. The highest BCUT2D eigenvalue weighted by Crippen LogP contribution is 2.51. The number of non-ortho nitro benzene ring substituents is 1. The summed E-state index contributed by atoms with van der Waals surface area (Å²) in [5.41, 5.74) is 4.71. The molecule has 0 radical (unpaired) electrons. The number of carbonyl (C=O) groups is 2. The van der Waals surface area contributed by atoms with Crippen molar-refractivity contribution in [2.45, 2.75) is 25.4 Å². The number of aliphatic hydroxyl groups is 1. The number of phenolic OH excluding ortho intramolecular Hbond substituents is 1. The Hall–Kier alpha value is -5.12. The third-order valence-corrected chi connectivity index (χ3v) is 9.58. The number of benzene rings is 4. The van der Waals surface area contributed by atoms with Gasteiger partial charge in [0.25, 0.3) is 5.69 Å². The van der Waals surface area contributed by atoms with Crippen LogP contribution in [0.25, 0.3) is 22.4 Å². The van der Waals surface area contributed by atoms with E-state index in [1.807, 2.05) is 48.5 Å². The number of aromatic hydroxyl groups is 1. The normalized spacial score (nSPS) is 22.8. The van der Waals surface area contributed by atoms with Crippen LogP contribution in [0.3, 0.4) is 0 Å². The standard InChI is InChI=1S/C37H32N2O7/c40-20-25-18-30-35(37(43)38(36(30)42)26-9-6-10-27(19-26)39(44)45)31-21-46-33(34(25)31)16-14-23(22-7-2-1-3-8-22)17-24-13-15-32(41)29-12-5-4-11-28(24)29/h1-13,15,17,19,30-31,33,35,40-41H,14,16,18,20-21H2/b23-17-/t30-,31+,33-,35-/m1/s1. The van der Waals surface area contributed by atoms with Gasteiger partial charge in [0, 0.05) is 23.4 Å². The molecule has 2 aliphatic heterocycles. The smallest absolute Gasteiger partial charge is 0.271 e. The molecule has 7 rings (SSSR count). The van der Waals surface area contributed by atoms with Crippen LogP contribution in [0.2, 0.25) is 0 Å². The van der Waals surface area contributed by atoms with E-state index in [0.717, 1.165) is 43.5 Å². The number of aliphatic hydroxyl groups excluding tert-OH is 1. The van der Waals surface area contributed by atoms with Crippen LogP contribution >= 0.6 is 0 Å². The summed E-state index contributed by atoms with van der Waals surface area (Å²) in [5, 5.41) is 34.0. The number of hydrogen-bond donors (Lipinski definition) is 2. The van der Waals surface area contributed by atoms with Gasteiger partial charge < -0.3 is 14.9 Å². The van der Waals surface area contributed by atoms with Crippen LogP contribution in [-0.4, -0.2) is 46.3 Å². The molecular weight excluding hydrogens is 584 g/mol. The summed E-state index contributed by atoms with van der Waals surface area (Å²) in [4.78, 5) is 39.3. The number of rotatable bonds is 8. The summed E-state index contributed by atoms with van der Waals surface area (Å²) in [6.45, 7) is 0.00746. The van der Waals surface area contributed by atoms with Crippen LogP contribution in [0.5, 0.6) is 5.75 Å². The molecule has 4 atom stereocenters. The lowest BCUT2D eigenvalue weighted by Crippen LogP contribution is -2.35. The van der Waals surface area contributed by atoms with E-state index in [1.165, 1.54) is 24.3 Å². The number of phenols is 1. The van der Waals surface area contributed by atoms with Crippen LogP contribution < -0.4 is 4.90 Å². The van der Waals surface area contributed by atoms with Crippen LogP contribution in [0, 0.1) is 27.9 Å². The maximum atomic E-state index is 13.8. The van der Waals surface area contributed by atoms with E-state index in [-0.39, 0.29) is 54.7 Å². The van der Waals surface area contributed by atoms with E-state index in [2.05, 4.69) is 18.2 Å². The second-order valence-electron chi connectivity index (χ2n) is 12.1. The van der Waals surface area contributed by atoms with Crippen LogP contribution in [0.15, 0.2) is 102 Å². The molecule has 3 aliphatic rings. The van der Waals surface area contributed by atoms with Crippen molar-refractivity contribution in [3.8, 4) is 5.75 Å². The van der Waals surface area contributed by atoms with Gasteiger partial charge in [-0.05, 0) is 64.6 Å². The number of allylic oxidation sites excluding steroid dienone is 1. The van der Waals surface area contributed by atoms with Crippen molar-refractivity contribution in [1.29, 1.82) is 0 Å². The number of fused-ring (bicyclic) bond motifs is 4. The largest absolute Gasteiger partial charge is 0.507 e. The fourth-order valence-electron chi connectivity index (χ4n) is 7.48. The van der Waals surface area contributed by atoms with Gasteiger partial charge in [0.1, 0.15) is 5.75 Å². The van der Waals surface area contributed by atoms with Gasteiger partial charge in [-0.2, -0.15) is 0 Å². The number of nitrogens with zero attached hydrogens (tertiary/aromatic N) is 2. The van der Waals surface area contributed by atoms with E-state index >= 15 is 0 Å². The molecule has 4 aromatic rings. The van der Waals surface area contributed by atoms with Gasteiger partial charge in [-0.1, -0.05) is 72.8 Å². The summed E-state index contributed by atoms with van der Waals surface area (Å²) in [7, 11) is 0.